The molecule has 1 amide bonds. The summed E-state index contributed by atoms with van der Waals surface area (Å²) in [6, 6.07) is 21.0. The van der Waals surface area contributed by atoms with Gasteiger partial charge in [0.15, 0.2) is 5.78 Å². The SMILES string of the molecule is C=C1NC2=C(C(=O)CC(c3ccccc3)C2)C(c2ccc(OC)cc2OC)C1C(=O)Nc1cccc[nH+]1. The van der Waals surface area contributed by atoms with Crippen LogP contribution < -0.4 is 25.1 Å². The van der Waals surface area contributed by atoms with Crippen LogP contribution in [0.15, 0.2) is 96.5 Å². The molecule has 5 rings (SSSR count). The molecule has 2 heterocycles. The molecule has 0 bridgehead atoms. The van der Waals surface area contributed by atoms with E-state index in [1.165, 1.54) is 0 Å². The summed E-state index contributed by atoms with van der Waals surface area (Å²) in [5.74, 6) is 0.212. The largest absolute Gasteiger partial charge is 0.497 e. The number of aromatic amines is 1. The van der Waals surface area contributed by atoms with E-state index in [0.29, 0.717) is 41.4 Å². The first-order chi connectivity index (χ1) is 18.0. The number of methoxy groups -OCH3 is 2. The van der Waals surface area contributed by atoms with Crippen molar-refractivity contribution in [1.82, 2.24) is 5.32 Å². The van der Waals surface area contributed by atoms with Crippen molar-refractivity contribution in [1.29, 1.82) is 0 Å². The summed E-state index contributed by atoms with van der Waals surface area (Å²) < 4.78 is 11.1. The van der Waals surface area contributed by atoms with Crippen LogP contribution in [0.2, 0.25) is 0 Å². The zero-order chi connectivity index (χ0) is 25.9. The van der Waals surface area contributed by atoms with Crippen molar-refractivity contribution in [2.45, 2.75) is 24.7 Å². The van der Waals surface area contributed by atoms with Crippen molar-refractivity contribution >= 4 is 17.5 Å². The van der Waals surface area contributed by atoms with E-state index in [1.807, 2.05) is 42.5 Å². The van der Waals surface area contributed by atoms with Crippen LogP contribution in [0.3, 0.4) is 0 Å². The summed E-state index contributed by atoms with van der Waals surface area (Å²) in [6.45, 7) is 4.24. The van der Waals surface area contributed by atoms with E-state index in [-0.39, 0.29) is 17.6 Å². The lowest BCUT2D eigenvalue weighted by Gasteiger charge is -2.40. The van der Waals surface area contributed by atoms with Gasteiger partial charge in [-0.05, 0) is 30.0 Å². The van der Waals surface area contributed by atoms with E-state index in [1.54, 1.807) is 32.5 Å². The number of nitrogens with one attached hydrogen (secondary N) is 3. The lowest BCUT2D eigenvalue weighted by Crippen LogP contribution is -2.43. The lowest BCUT2D eigenvalue weighted by atomic mass is 9.68. The molecular formula is C30H30N3O4+. The zero-order valence-corrected chi connectivity index (χ0v) is 20.9. The second kappa shape index (κ2) is 10.3. The number of aromatic nitrogens is 1. The number of ketones is 1. The summed E-state index contributed by atoms with van der Waals surface area (Å²) in [5, 5.41) is 6.30. The van der Waals surface area contributed by atoms with Crippen LogP contribution in [0.4, 0.5) is 5.82 Å². The van der Waals surface area contributed by atoms with E-state index in [0.717, 1.165) is 16.8 Å². The Kier molecular flexibility index (Phi) is 6.77. The number of benzene rings is 2. The lowest BCUT2D eigenvalue weighted by molar-refractivity contribution is -0.360. The van der Waals surface area contributed by atoms with Gasteiger partial charge in [0.1, 0.15) is 17.4 Å². The van der Waals surface area contributed by atoms with E-state index in [2.05, 4.69) is 34.3 Å². The molecule has 2 aromatic carbocycles. The highest BCUT2D eigenvalue weighted by molar-refractivity contribution is 6.03. The molecule has 0 saturated carbocycles. The van der Waals surface area contributed by atoms with Gasteiger partial charge >= 0.3 is 5.91 Å². The predicted octanol–water partition coefficient (Wildman–Crippen LogP) is 4.37. The minimum Gasteiger partial charge on any atom is -0.497 e. The predicted molar refractivity (Wildman–Crippen MR) is 140 cm³/mol. The van der Waals surface area contributed by atoms with Gasteiger partial charge in [0.2, 0.25) is 0 Å². The third kappa shape index (κ3) is 4.72. The number of hydrogen-bond acceptors (Lipinski definition) is 5. The minimum atomic E-state index is -0.744. The van der Waals surface area contributed by atoms with E-state index in [9.17, 15) is 9.59 Å². The Morgan fingerprint density at radius 3 is 2.51 bits per heavy atom. The van der Waals surface area contributed by atoms with Gasteiger partial charge in [-0.25, -0.2) is 15.1 Å². The molecule has 1 aliphatic carbocycles. The first kappa shape index (κ1) is 24.3. The Morgan fingerprint density at radius 2 is 1.81 bits per heavy atom. The molecule has 1 aliphatic heterocycles. The molecule has 3 N–H and O–H groups in total. The molecule has 3 unspecified atom stereocenters. The Balaban J connectivity index is 1.61. The minimum absolute atomic E-state index is 0.0158. The third-order valence-corrected chi connectivity index (χ3v) is 7.14. The fraction of sp³-hybridized carbons (Fsp3) is 0.233. The highest BCUT2D eigenvalue weighted by Crippen LogP contribution is 2.49. The number of anilines is 1. The molecule has 0 saturated heterocycles. The van der Waals surface area contributed by atoms with E-state index >= 15 is 0 Å². The van der Waals surface area contributed by atoms with Crippen molar-refractivity contribution in [2.75, 3.05) is 19.5 Å². The molecule has 3 aromatic rings. The van der Waals surface area contributed by atoms with Gasteiger partial charge in [-0.1, -0.05) is 49.0 Å². The van der Waals surface area contributed by atoms with Gasteiger partial charge in [0.05, 0.1) is 20.4 Å². The molecule has 7 heteroatoms. The summed E-state index contributed by atoms with van der Waals surface area (Å²) in [4.78, 5) is 30.6. The third-order valence-electron chi connectivity index (χ3n) is 7.14. The standard InChI is InChI=1S/C30H29N3O4/c1-18-27(30(35)33-26-11-7-8-14-31-26)28(22-13-12-21(36-2)17-25(22)37-3)29-23(32-18)15-20(16-24(29)34)19-9-5-4-6-10-19/h4-14,17,20,27-28,32H,1,15-16H2,2-3H3,(H,31,33,35)/p+1. The van der Waals surface area contributed by atoms with Gasteiger partial charge in [-0.15, -0.1) is 0 Å². The number of pyridine rings is 1. The van der Waals surface area contributed by atoms with Crippen LogP contribution in [-0.2, 0) is 9.59 Å². The van der Waals surface area contributed by atoms with Gasteiger partial charge in [-0.3, -0.25) is 4.79 Å². The van der Waals surface area contributed by atoms with Crippen LogP contribution in [0.1, 0.15) is 35.8 Å². The molecular weight excluding hydrogens is 466 g/mol. The number of amides is 1. The van der Waals surface area contributed by atoms with Crippen molar-refractivity contribution in [3.8, 4) is 11.5 Å². The topological polar surface area (TPSA) is 90.8 Å². The van der Waals surface area contributed by atoms with Crippen molar-refractivity contribution in [3.63, 3.8) is 0 Å². The van der Waals surface area contributed by atoms with Gasteiger partial charge < -0.3 is 14.8 Å². The number of ether oxygens (including phenoxy) is 2. The fourth-order valence-electron chi connectivity index (χ4n) is 5.41. The average molecular weight is 497 g/mol. The number of Topliss-reactive ketones (excluding diaryl/α,β-unsaturated/α-hetero) is 1. The van der Waals surface area contributed by atoms with Crippen molar-refractivity contribution < 1.29 is 24.0 Å². The van der Waals surface area contributed by atoms with Crippen LogP contribution in [0.5, 0.6) is 11.5 Å². The quantitative estimate of drug-likeness (QED) is 0.529. The molecule has 1 aromatic heterocycles. The second-order valence-electron chi connectivity index (χ2n) is 9.31. The Morgan fingerprint density at radius 1 is 1.03 bits per heavy atom. The summed E-state index contributed by atoms with van der Waals surface area (Å²) >= 11 is 0. The molecule has 37 heavy (non-hydrogen) atoms. The van der Waals surface area contributed by atoms with Crippen LogP contribution in [0.25, 0.3) is 0 Å². The molecule has 2 aliphatic rings. The van der Waals surface area contributed by atoms with Crippen molar-refractivity contribution in [2.24, 2.45) is 5.92 Å². The molecule has 0 radical (unpaired) electrons. The second-order valence-corrected chi connectivity index (χ2v) is 9.31. The van der Waals surface area contributed by atoms with Crippen molar-refractivity contribution in [3.05, 3.63) is 108 Å². The number of allylic oxidation sites excluding steroid dienone is 2. The summed E-state index contributed by atoms with van der Waals surface area (Å²) in [7, 11) is 3.16. The number of rotatable bonds is 6. The highest BCUT2D eigenvalue weighted by Gasteiger charge is 2.47. The highest BCUT2D eigenvalue weighted by atomic mass is 16.5. The van der Waals surface area contributed by atoms with E-state index < -0.39 is 11.8 Å². The van der Waals surface area contributed by atoms with Crippen LogP contribution >= 0.6 is 0 Å². The molecule has 188 valence electrons. The number of H-pyrrole nitrogens is 1. The molecule has 3 atom stereocenters. The summed E-state index contributed by atoms with van der Waals surface area (Å²) in [6.07, 6.45) is 2.76. The Labute approximate surface area is 216 Å². The van der Waals surface area contributed by atoms with E-state index in [4.69, 9.17) is 9.47 Å². The molecule has 0 spiro atoms. The maximum Gasteiger partial charge on any atom is 0.317 e. The maximum atomic E-state index is 13.8. The number of hydrogen-bond donors (Lipinski definition) is 2. The maximum absolute atomic E-state index is 13.8. The van der Waals surface area contributed by atoms with Gasteiger partial charge in [-0.2, -0.15) is 0 Å². The van der Waals surface area contributed by atoms with Gasteiger partial charge in [0.25, 0.3) is 5.82 Å². The Hall–Kier alpha value is -4.39. The monoisotopic (exact) mass is 496 g/mol. The first-order valence-electron chi connectivity index (χ1n) is 12.3. The number of carbonyl (C=O) groups excluding carboxylic acids is 2. The molecule has 7 nitrogen and oxygen atoms in total. The Bertz CT molecular complexity index is 1370. The first-order valence-corrected chi connectivity index (χ1v) is 12.3. The normalized spacial score (nSPS) is 21.1. The summed E-state index contributed by atoms with van der Waals surface area (Å²) in [5.41, 5.74) is 3.82. The zero-order valence-electron chi connectivity index (χ0n) is 20.9. The van der Waals surface area contributed by atoms with Crippen LogP contribution in [-0.4, -0.2) is 25.9 Å². The van der Waals surface area contributed by atoms with Gasteiger partial charge in [0, 0.05) is 47.0 Å². The van der Waals surface area contributed by atoms with Crippen LogP contribution in [0, 0.1) is 5.92 Å². The average Bonchev–Trinajstić information content (AvgIpc) is 2.92. The smallest absolute Gasteiger partial charge is 0.317 e. The fourth-order valence-corrected chi connectivity index (χ4v) is 5.41. The number of carbonyl (C=O) groups is 2. The molecule has 0 fully saturated rings.